The molecule has 29 heavy (non-hydrogen) atoms. The Kier molecular flexibility index (Phi) is 6.73. The molecular formula is C20H22Cl2N2O4S. The largest absolute Gasteiger partial charge is 0.496 e. The summed E-state index contributed by atoms with van der Waals surface area (Å²) in [4.78, 5) is 12.8. The van der Waals surface area contributed by atoms with Gasteiger partial charge in [-0.1, -0.05) is 23.2 Å². The third-order valence-electron chi connectivity index (χ3n) is 4.96. The summed E-state index contributed by atoms with van der Waals surface area (Å²) in [6, 6.07) is 9.63. The summed E-state index contributed by atoms with van der Waals surface area (Å²) in [5.74, 6) is 0.193. The van der Waals surface area contributed by atoms with Crippen LogP contribution in [0.1, 0.15) is 18.4 Å². The molecule has 2 aromatic carbocycles. The zero-order valence-electron chi connectivity index (χ0n) is 16.1. The van der Waals surface area contributed by atoms with E-state index < -0.39 is 10.0 Å². The number of benzene rings is 2. The molecule has 0 aromatic heterocycles. The van der Waals surface area contributed by atoms with Crippen molar-refractivity contribution in [2.45, 2.75) is 24.7 Å². The summed E-state index contributed by atoms with van der Waals surface area (Å²) >= 11 is 11.9. The van der Waals surface area contributed by atoms with Gasteiger partial charge in [0.25, 0.3) is 0 Å². The summed E-state index contributed by atoms with van der Waals surface area (Å²) in [6.07, 6.45) is 0.878. The second kappa shape index (κ2) is 8.92. The highest BCUT2D eigenvalue weighted by molar-refractivity contribution is 7.89. The van der Waals surface area contributed by atoms with Crippen molar-refractivity contribution in [1.29, 1.82) is 0 Å². The van der Waals surface area contributed by atoms with E-state index in [9.17, 15) is 13.2 Å². The molecule has 0 saturated carbocycles. The van der Waals surface area contributed by atoms with Crippen LogP contribution < -0.4 is 10.1 Å². The fourth-order valence-corrected chi connectivity index (χ4v) is 5.47. The van der Waals surface area contributed by atoms with Crippen molar-refractivity contribution in [2.24, 2.45) is 5.92 Å². The van der Waals surface area contributed by atoms with E-state index in [1.165, 1.54) is 4.31 Å². The molecule has 0 bridgehead atoms. The molecule has 1 N–H and O–H groups in total. The lowest BCUT2D eigenvalue weighted by Gasteiger charge is -2.30. The van der Waals surface area contributed by atoms with E-state index in [1.807, 2.05) is 0 Å². The van der Waals surface area contributed by atoms with Gasteiger partial charge < -0.3 is 10.1 Å². The fourth-order valence-electron chi connectivity index (χ4n) is 3.39. The highest BCUT2D eigenvalue weighted by Crippen LogP contribution is 2.28. The number of carbonyl (C=O) groups is 1. The Morgan fingerprint density at radius 2 is 1.72 bits per heavy atom. The van der Waals surface area contributed by atoms with Crippen LogP contribution in [0.2, 0.25) is 10.0 Å². The Hall–Kier alpha value is -1.80. The number of nitrogens with one attached hydrogen (secondary N) is 1. The minimum absolute atomic E-state index is 0.166. The molecular weight excluding hydrogens is 435 g/mol. The number of piperidine rings is 1. The molecule has 156 valence electrons. The summed E-state index contributed by atoms with van der Waals surface area (Å²) in [5.41, 5.74) is 1.28. The molecule has 1 saturated heterocycles. The van der Waals surface area contributed by atoms with E-state index in [2.05, 4.69) is 5.32 Å². The highest BCUT2D eigenvalue weighted by Gasteiger charge is 2.32. The zero-order chi connectivity index (χ0) is 21.2. The highest BCUT2D eigenvalue weighted by atomic mass is 35.5. The van der Waals surface area contributed by atoms with Crippen LogP contribution in [0.3, 0.4) is 0 Å². The number of rotatable bonds is 5. The van der Waals surface area contributed by atoms with Crippen LogP contribution in [-0.4, -0.2) is 38.8 Å². The Morgan fingerprint density at radius 1 is 1.10 bits per heavy atom. The topological polar surface area (TPSA) is 75.7 Å². The lowest BCUT2D eigenvalue weighted by Crippen LogP contribution is -2.41. The molecule has 6 nitrogen and oxygen atoms in total. The van der Waals surface area contributed by atoms with Gasteiger partial charge in [-0.2, -0.15) is 4.31 Å². The Morgan fingerprint density at radius 3 is 2.28 bits per heavy atom. The van der Waals surface area contributed by atoms with E-state index in [-0.39, 0.29) is 29.8 Å². The van der Waals surface area contributed by atoms with Crippen molar-refractivity contribution >= 4 is 44.8 Å². The molecule has 1 aliphatic rings. The second-order valence-electron chi connectivity index (χ2n) is 6.96. The third-order valence-corrected chi connectivity index (χ3v) is 7.29. The molecule has 9 heteroatoms. The van der Waals surface area contributed by atoms with Crippen LogP contribution in [-0.2, 0) is 14.8 Å². The van der Waals surface area contributed by atoms with Crippen molar-refractivity contribution in [1.82, 2.24) is 4.31 Å². The first-order valence-electron chi connectivity index (χ1n) is 9.12. The number of ether oxygens (including phenoxy) is 1. The maximum atomic E-state index is 12.9. The number of halogens is 2. The first-order valence-corrected chi connectivity index (χ1v) is 11.3. The summed E-state index contributed by atoms with van der Waals surface area (Å²) in [6.45, 7) is 2.36. The van der Waals surface area contributed by atoms with Gasteiger partial charge in [-0.15, -0.1) is 0 Å². The fraction of sp³-hybridized carbons (Fsp3) is 0.350. The maximum absolute atomic E-state index is 12.9. The third kappa shape index (κ3) is 5.04. The van der Waals surface area contributed by atoms with E-state index in [4.69, 9.17) is 27.9 Å². The molecule has 1 amide bonds. The standard InChI is InChI=1S/C20H22Cl2N2O4S/c1-13-9-18(3-4-19(13)28-2)29(26,27)24-7-5-14(6-8-24)20(25)23-17-11-15(21)10-16(22)12-17/h3-4,9-12,14H,5-8H2,1-2H3,(H,23,25). The summed E-state index contributed by atoms with van der Waals surface area (Å²) in [7, 11) is -2.07. The number of nitrogens with zero attached hydrogens (tertiary/aromatic N) is 1. The molecule has 1 heterocycles. The second-order valence-corrected chi connectivity index (χ2v) is 9.77. The maximum Gasteiger partial charge on any atom is 0.243 e. The number of amides is 1. The Balaban J connectivity index is 1.64. The predicted octanol–water partition coefficient (Wildman–Crippen LogP) is 4.35. The van der Waals surface area contributed by atoms with Gasteiger partial charge in [0.15, 0.2) is 0 Å². The number of anilines is 1. The number of aryl methyl sites for hydroxylation is 1. The van der Waals surface area contributed by atoms with E-state index >= 15 is 0 Å². The number of methoxy groups -OCH3 is 1. The lowest BCUT2D eigenvalue weighted by atomic mass is 9.97. The monoisotopic (exact) mass is 456 g/mol. The van der Waals surface area contributed by atoms with Gasteiger partial charge in [0.1, 0.15) is 5.75 Å². The quantitative estimate of drug-likeness (QED) is 0.725. The van der Waals surface area contributed by atoms with Crippen molar-refractivity contribution < 1.29 is 17.9 Å². The van der Waals surface area contributed by atoms with Gasteiger partial charge in [0, 0.05) is 34.7 Å². The smallest absolute Gasteiger partial charge is 0.243 e. The lowest BCUT2D eigenvalue weighted by molar-refractivity contribution is -0.120. The molecule has 1 fully saturated rings. The van der Waals surface area contributed by atoms with Crippen molar-refractivity contribution in [3.63, 3.8) is 0 Å². The average molecular weight is 457 g/mol. The van der Waals surface area contributed by atoms with Gasteiger partial charge in [0.05, 0.1) is 12.0 Å². The average Bonchev–Trinajstić information content (AvgIpc) is 2.67. The van der Waals surface area contributed by atoms with Gasteiger partial charge in [-0.3, -0.25) is 4.79 Å². The van der Waals surface area contributed by atoms with Crippen molar-refractivity contribution in [3.05, 3.63) is 52.0 Å². The van der Waals surface area contributed by atoms with Gasteiger partial charge >= 0.3 is 0 Å². The molecule has 0 unspecified atom stereocenters. The minimum atomic E-state index is -3.62. The van der Waals surface area contributed by atoms with Crippen LogP contribution >= 0.6 is 23.2 Å². The molecule has 0 radical (unpaired) electrons. The molecule has 0 spiro atoms. The predicted molar refractivity (Wildman–Crippen MR) is 114 cm³/mol. The molecule has 0 atom stereocenters. The molecule has 0 aliphatic carbocycles. The van der Waals surface area contributed by atoms with E-state index in [0.29, 0.717) is 34.3 Å². The number of hydrogen-bond acceptors (Lipinski definition) is 4. The molecule has 1 aliphatic heterocycles. The Labute approximate surface area is 180 Å². The van der Waals surface area contributed by atoms with Crippen LogP contribution in [0, 0.1) is 12.8 Å². The number of sulfonamides is 1. The molecule has 3 rings (SSSR count). The van der Waals surface area contributed by atoms with Gasteiger partial charge in [-0.05, 0) is 61.7 Å². The number of carbonyl (C=O) groups excluding carboxylic acids is 1. The first-order chi connectivity index (χ1) is 13.7. The van der Waals surface area contributed by atoms with Crippen LogP contribution in [0.25, 0.3) is 0 Å². The van der Waals surface area contributed by atoms with E-state index in [0.717, 1.165) is 5.56 Å². The van der Waals surface area contributed by atoms with Gasteiger partial charge in [0.2, 0.25) is 15.9 Å². The van der Waals surface area contributed by atoms with Crippen LogP contribution in [0.4, 0.5) is 5.69 Å². The van der Waals surface area contributed by atoms with Crippen molar-refractivity contribution in [3.8, 4) is 5.75 Å². The summed E-state index contributed by atoms with van der Waals surface area (Å²) < 4.78 is 32.5. The minimum Gasteiger partial charge on any atom is -0.496 e. The SMILES string of the molecule is COc1ccc(S(=O)(=O)N2CCC(C(=O)Nc3cc(Cl)cc(Cl)c3)CC2)cc1C. The van der Waals surface area contributed by atoms with Gasteiger partial charge in [-0.25, -0.2) is 8.42 Å². The number of hydrogen-bond donors (Lipinski definition) is 1. The van der Waals surface area contributed by atoms with Crippen molar-refractivity contribution in [2.75, 3.05) is 25.5 Å². The van der Waals surface area contributed by atoms with Crippen LogP contribution in [0.5, 0.6) is 5.75 Å². The normalized spacial score (nSPS) is 15.9. The van der Waals surface area contributed by atoms with E-state index in [1.54, 1.807) is 50.4 Å². The first kappa shape index (κ1) is 21.9. The summed E-state index contributed by atoms with van der Waals surface area (Å²) in [5, 5.41) is 3.68. The molecule has 2 aromatic rings. The Bertz CT molecular complexity index is 999. The van der Waals surface area contributed by atoms with Crippen LogP contribution in [0.15, 0.2) is 41.3 Å². The zero-order valence-corrected chi connectivity index (χ0v) is 18.4.